The van der Waals surface area contributed by atoms with E-state index in [-0.39, 0.29) is 17.4 Å². The summed E-state index contributed by atoms with van der Waals surface area (Å²) in [5, 5.41) is 6.37. The zero-order valence-corrected chi connectivity index (χ0v) is 19.3. The summed E-state index contributed by atoms with van der Waals surface area (Å²) in [4.78, 5) is 30.1. The summed E-state index contributed by atoms with van der Waals surface area (Å²) in [7, 11) is 0. The third-order valence-corrected chi connectivity index (χ3v) is 5.84. The number of amides is 2. The van der Waals surface area contributed by atoms with Gasteiger partial charge in [0.25, 0.3) is 11.8 Å². The van der Waals surface area contributed by atoms with Gasteiger partial charge in [-0.2, -0.15) is 0 Å². The minimum absolute atomic E-state index is 0.108. The number of nitrogens with zero attached hydrogens (tertiary/aromatic N) is 2. The van der Waals surface area contributed by atoms with Crippen molar-refractivity contribution in [3.05, 3.63) is 47.2 Å². The first-order chi connectivity index (χ1) is 14.1. The molecule has 0 bridgehead atoms. The largest absolute Gasteiger partial charge is 0.352 e. The average Bonchev–Trinajstić information content (AvgIpc) is 3.19. The van der Waals surface area contributed by atoms with Gasteiger partial charge in [-0.3, -0.25) is 14.9 Å². The number of nitrogens with one attached hydrogen (secondary N) is 2. The Kier molecular flexibility index (Phi) is 6.31. The first-order valence-electron chi connectivity index (χ1n) is 10.2. The lowest BCUT2D eigenvalue weighted by molar-refractivity contribution is 0.0952. The number of anilines is 1. The van der Waals surface area contributed by atoms with Gasteiger partial charge < -0.3 is 9.88 Å². The lowest BCUT2D eigenvalue weighted by atomic mass is 10.1. The van der Waals surface area contributed by atoms with Gasteiger partial charge in [0.15, 0.2) is 10.8 Å². The molecule has 0 aliphatic carbocycles. The van der Waals surface area contributed by atoms with Gasteiger partial charge in [0.05, 0.1) is 10.3 Å². The van der Waals surface area contributed by atoms with Crippen molar-refractivity contribution in [3.8, 4) is 0 Å². The molecule has 2 aromatic heterocycles. The van der Waals surface area contributed by atoms with Crippen LogP contribution in [0.15, 0.2) is 30.5 Å². The fraction of sp³-hybridized carbons (Fsp3) is 0.435. The number of rotatable bonds is 6. The monoisotopic (exact) mass is 426 g/mol. The molecule has 2 heterocycles. The number of thiazole rings is 1. The maximum atomic E-state index is 12.8. The van der Waals surface area contributed by atoms with Crippen LogP contribution in [-0.4, -0.2) is 27.9 Å². The van der Waals surface area contributed by atoms with Crippen molar-refractivity contribution < 1.29 is 9.59 Å². The van der Waals surface area contributed by atoms with Crippen molar-refractivity contribution in [2.24, 2.45) is 5.92 Å². The number of aryl methyl sites for hydroxylation is 1. The zero-order chi connectivity index (χ0) is 22.1. The Morgan fingerprint density at radius 3 is 2.40 bits per heavy atom. The van der Waals surface area contributed by atoms with E-state index in [2.05, 4.69) is 50.2 Å². The number of fused-ring (bicyclic) bond motifs is 1. The third-order valence-electron chi connectivity index (χ3n) is 4.85. The summed E-state index contributed by atoms with van der Waals surface area (Å²) < 4.78 is 2.78. The highest BCUT2D eigenvalue weighted by Crippen LogP contribution is 2.34. The molecule has 30 heavy (non-hydrogen) atoms. The molecule has 3 aromatic rings. The summed E-state index contributed by atoms with van der Waals surface area (Å²) in [6.45, 7) is 13.1. The molecule has 7 heteroatoms. The van der Waals surface area contributed by atoms with Gasteiger partial charge in [0.1, 0.15) is 0 Å². The van der Waals surface area contributed by atoms with Crippen LogP contribution < -0.4 is 10.6 Å². The number of hydrogen-bond donors (Lipinski definition) is 2. The second-order valence-electron chi connectivity index (χ2n) is 9.01. The van der Waals surface area contributed by atoms with E-state index >= 15 is 0 Å². The molecule has 0 saturated heterocycles. The van der Waals surface area contributed by atoms with Gasteiger partial charge >= 0.3 is 0 Å². The van der Waals surface area contributed by atoms with Crippen molar-refractivity contribution >= 4 is 38.6 Å². The number of aromatic nitrogens is 2. The predicted molar refractivity (Wildman–Crippen MR) is 124 cm³/mol. The minimum atomic E-state index is -0.249. The molecular weight excluding hydrogens is 396 g/mol. The number of hydrogen-bond acceptors (Lipinski definition) is 4. The van der Waals surface area contributed by atoms with Crippen LogP contribution in [-0.2, 0) is 5.54 Å². The normalized spacial score (nSPS) is 11.8. The average molecular weight is 427 g/mol. The summed E-state index contributed by atoms with van der Waals surface area (Å²) >= 11 is 1.33. The fourth-order valence-corrected chi connectivity index (χ4v) is 4.03. The van der Waals surface area contributed by atoms with Crippen LogP contribution in [0.3, 0.4) is 0 Å². The Labute approximate surface area is 181 Å². The van der Waals surface area contributed by atoms with Gasteiger partial charge in [-0.15, -0.1) is 0 Å². The summed E-state index contributed by atoms with van der Waals surface area (Å²) in [6, 6.07) is 7.39. The Hall–Kier alpha value is -2.67. The second kappa shape index (κ2) is 8.60. The molecule has 0 unspecified atom stereocenters. The second-order valence-corrected chi connectivity index (χ2v) is 10.0. The molecular formula is C23H30N4O2S. The molecule has 3 rings (SSSR count). The minimum Gasteiger partial charge on any atom is -0.352 e. The van der Waals surface area contributed by atoms with Crippen molar-refractivity contribution in [1.82, 2.24) is 14.9 Å². The number of carbonyl (C=O) groups is 2. The lowest BCUT2D eigenvalue weighted by Gasteiger charge is -2.21. The van der Waals surface area contributed by atoms with Gasteiger partial charge in [0.2, 0.25) is 0 Å². The highest BCUT2D eigenvalue weighted by atomic mass is 32.1. The first kappa shape index (κ1) is 22.0. The van der Waals surface area contributed by atoms with E-state index < -0.39 is 0 Å². The van der Waals surface area contributed by atoms with Crippen LogP contribution in [0.25, 0.3) is 10.3 Å². The van der Waals surface area contributed by atoms with Gasteiger partial charge in [0, 0.05) is 23.8 Å². The van der Waals surface area contributed by atoms with Crippen LogP contribution in [0.2, 0.25) is 0 Å². The van der Waals surface area contributed by atoms with E-state index in [1.165, 1.54) is 11.3 Å². The van der Waals surface area contributed by atoms with Crippen molar-refractivity contribution in [1.29, 1.82) is 0 Å². The quantitative estimate of drug-likeness (QED) is 0.569. The van der Waals surface area contributed by atoms with Crippen molar-refractivity contribution in [2.45, 2.75) is 53.5 Å². The van der Waals surface area contributed by atoms with Crippen LogP contribution in [0.4, 0.5) is 5.13 Å². The maximum Gasteiger partial charge on any atom is 0.257 e. The topological polar surface area (TPSA) is 76.0 Å². The van der Waals surface area contributed by atoms with Gasteiger partial charge in [-0.05, 0) is 52.2 Å². The first-order valence-corrected chi connectivity index (χ1v) is 11.1. The molecule has 2 N–H and O–H groups in total. The zero-order valence-electron chi connectivity index (χ0n) is 18.5. The SMILES string of the molecule is Cc1ccc(C(=O)Nc2nc3c(s2)c(C(=O)NCCC(C)C)cn3C(C)(C)C)cc1. The number of carbonyl (C=O) groups excluding carboxylic acids is 2. The summed E-state index contributed by atoms with van der Waals surface area (Å²) in [5.74, 6) is 0.205. The lowest BCUT2D eigenvalue weighted by Crippen LogP contribution is -2.25. The smallest absolute Gasteiger partial charge is 0.257 e. The summed E-state index contributed by atoms with van der Waals surface area (Å²) in [6.07, 6.45) is 2.79. The number of benzene rings is 1. The van der Waals surface area contributed by atoms with E-state index in [9.17, 15) is 9.59 Å². The molecule has 1 aromatic carbocycles. The molecule has 0 spiro atoms. The molecule has 0 fully saturated rings. The molecule has 160 valence electrons. The van der Waals surface area contributed by atoms with Crippen LogP contribution in [0, 0.1) is 12.8 Å². The van der Waals surface area contributed by atoms with Crippen molar-refractivity contribution in [2.75, 3.05) is 11.9 Å². The molecule has 0 aliphatic heterocycles. The van der Waals surface area contributed by atoms with E-state index in [4.69, 9.17) is 0 Å². The van der Waals surface area contributed by atoms with Gasteiger partial charge in [-0.25, -0.2) is 4.98 Å². The Balaban J connectivity index is 1.91. The van der Waals surface area contributed by atoms with Crippen LogP contribution in [0.1, 0.15) is 67.3 Å². The molecule has 6 nitrogen and oxygen atoms in total. The van der Waals surface area contributed by atoms with Crippen LogP contribution >= 0.6 is 11.3 Å². The predicted octanol–water partition coefficient (Wildman–Crippen LogP) is 5.19. The Morgan fingerprint density at radius 2 is 1.80 bits per heavy atom. The molecule has 0 aliphatic rings. The van der Waals surface area contributed by atoms with E-state index in [0.717, 1.165) is 16.7 Å². The standard InChI is InChI=1S/C23H30N4O2S/c1-14(2)11-12-24-21(29)17-13-27(23(4,5)6)19-18(17)30-22(25-19)26-20(28)16-9-7-15(3)8-10-16/h7-10,13-14H,11-12H2,1-6H3,(H,24,29)(H,25,26,28). The maximum absolute atomic E-state index is 12.8. The van der Waals surface area contributed by atoms with Crippen molar-refractivity contribution in [3.63, 3.8) is 0 Å². The fourth-order valence-electron chi connectivity index (χ4n) is 3.07. The van der Waals surface area contributed by atoms with E-state index in [1.54, 1.807) is 12.1 Å². The highest BCUT2D eigenvalue weighted by Gasteiger charge is 2.25. The van der Waals surface area contributed by atoms with E-state index in [1.807, 2.05) is 29.8 Å². The van der Waals surface area contributed by atoms with E-state index in [0.29, 0.717) is 34.4 Å². The summed E-state index contributed by atoms with van der Waals surface area (Å²) in [5.41, 5.74) is 2.73. The van der Waals surface area contributed by atoms with Gasteiger partial charge in [-0.1, -0.05) is 42.9 Å². The highest BCUT2D eigenvalue weighted by molar-refractivity contribution is 7.22. The van der Waals surface area contributed by atoms with Crippen LogP contribution in [0.5, 0.6) is 0 Å². The molecule has 0 radical (unpaired) electrons. The Morgan fingerprint density at radius 1 is 1.13 bits per heavy atom. The third kappa shape index (κ3) is 4.90. The Bertz CT molecular complexity index is 1060. The molecule has 0 saturated carbocycles. The molecule has 2 amide bonds. The molecule has 0 atom stereocenters.